The number of nitrogens with one attached hydrogen (secondary N) is 1. The van der Waals surface area contributed by atoms with Gasteiger partial charge < -0.3 is 20.3 Å². The van der Waals surface area contributed by atoms with Crippen LogP contribution in [-0.4, -0.2) is 47.4 Å². The summed E-state index contributed by atoms with van der Waals surface area (Å²) in [5.74, 6) is -0.127. The highest BCUT2D eigenvalue weighted by Crippen LogP contribution is 2.15. The van der Waals surface area contributed by atoms with E-state index in [4.69, 9.17) is 4.74 Å². The minimum absolute atomic E-state index is 0.0516. The molecule has 6 heteroatoms. The molecule has 0 fully saturated rings. The van der Waals surface area contributed by atoms with Crippen molar-refractivity contribution >= 4 is 11.9 Å². The van der Waals surface area contributed by atoms with Gasteiger partial charge in [-0.15, -0.1) is 0 Å². The Hall–Kier alpha value is -2.44. The quantitative estimate of drug-likeness (QED) is 0.0321. The molecule has 64 heavy (non-hydrogen) atoms. The third-order valence-electron chi connectivity index (χ3n) is 12.3. The Morgan fingerprint density at radius 2 is 0.797 bits per heavy atom. The summed E-state index contributed by atoms with van der Waals surface area (Å²) < 4.78 is 5.40. The van der Waals surface area contributed by atoms with Gasteiger partial charge in [0.2, 0.25) is 5.91 Å². The number of unbranched alkanes of at least 4 members (excludes halogenated alkanes) is 31. The SMILES string of the molecule is CCCC/C=C\C/C=C\CCCCCCCC(=O)OCC/C=C\C/C=C\CCCCCCCCCCCCCCCCC(=O)NC(CO)C(O)/C=C/CCCCCCCCCCCC. The fourth-order valence-electron chi connectivity index (χ4n) is 8.02. The molecule has 0 rings (SSSR count). The molecule has 6 nitrogen and oxygen atoms in total. The summed E-state index contributed by atoms with van der Waals surface area (Å²) in [7, 11) is 0. The third kappa shape index (κ3) is 49.0. The van der Waals surface area contributed by atoms with Gasteiger partial charge in [0.1, 0.15) is 0 Å². The summed E-state index contributed by atoms with van der Waals surface area (Å²) in [5.41, 5.74) is 0. The largest absolute Gasteiger partial charge is 0.465 e. The normalized spacial score (nSPS) is 13.1. The number of aliphatic hydroxyl groups is 2. The Morgan fingerprint density at radius 1 is 0.438 bits per heavy atom. The van der Waals surface area contributed by atoms with Crippen LogP contribution in [0.2, 0.25) is 0 Å². The van der Waals surface area contributed by atoms with E-state index in [2.05, 4.69) is 67.8 Å². The van der Waals surface area contributed by atoms with E-state index < -0.39 is 12.1 Å². The molecular formula is C58H105NO5. The van der Waals surface area contributed by atoms with Crippen molar-refractivity contribution in [3.05, 3.63) is 60.8 Å². The molecule has 0 spiro atoms. The molecule has 0 aliphatic rings. The second kappa shape index (κ2) is 53.2. The molecule has 0 aromatic heterocycles. The van der Waals surface area contributed by atoms with Crippen LogP contribution in [0, 0.1) is 0 Å². The van der Waals surface area contributed by atoms with Gasteiger partial charge in [-0.1, -0.05) is 242 Å². The van der Waals surface area contributed by atoms with E-state index in [1.807, 2.05) is 6.08 Å². The van der Waals surface area contributed by atoms with Gasteiger partial charge in [-0.25, -0.2) is 0 Å². The minimum Gasteiger partial charge on any atom is -0.465 e. The average molecular weight is 896 g/mol. The zero-order valence-corrected chi connectivity index (χ0v) is 42.2. The van der Waals surface area contributed by atoms with Crippen molar-refractivity contribution in [1.29, 1.82) is 0 Å². The second-order valence-electron chi connectivity index (χ2n) is 18.5. The number of aliphatic hydroxyl groups excluding tert-OH is 2. The fraction of sp³-hybridized carbons (Fsp3) is 0.793. The van der Waals surface area contributed by atoms with Crippen molar-refractivity contribution in [2.45, 2.75) is 283 Å². The Kier molecular flexibility index (Phi) is 51.2. The second-order valence-corrected chi connectivity index (χ2v) is 18.5. The Balaban J connectivity index is 3.49. The standard InChI is InChI=1S/C58H105NO5/c1-3-5-7-9-11-13-15-17-28-32-36-40-44-48-52-58(63)64-53-49-45-41-37-33-29-26-24-22-20-18-19-21-23-25-27-31-35-39-43-47-51-57(62)59-55(54-60)56(61)50-46-42-38-34-30-16-14-12-10-8-6-4-2/h9,11,15,17,29,33,41,45-46,50,55-56,60-61H,3-8,10,12-14,16,18-28,30-32,34-40,42-44,47-49,51-54H2,1-2H3,(H,59,62)/b11-9-,17-15-,33-29-,45-41-,50-46+. The number of ether oxygens (including phenoxy) is 1. The van der Waals surface area contributed by atoms with E-state index in [9.17, 15) is 19.8 Å². The van der Waals surface area contributed by atoms with Crippen molar-refractivity contribution in [1.82, 2.24) is 5.32 Å². The summed E-state index contributed by atoms with van der Waals surface area (Å²) in [4.78, 5) is 24.4. The molecule has 3 N–H and O–H groups in total. The molecule has 0 saturated carbocycles. The van der Waals surface area contributed by atoms with Crippen LogP contribution in [0.3, 0.4) is 0 Å². The van der Waals surface area contributed by atoms with E-state index >= 15 is 0 Å². The highest BCUT2D eigenvalue weighted by molar-refractivity contribution is 5.76. The van der Waals surface area contributed by atoms with Gasteiger partial charge in [0.15, 0.2) is 0 Å². The number of hydrogen-bond acceptors (Lipinski definition) is 5. The number of carbonyl (C=O) groups excluding carboxylic acids is 2. The highest BCUT2D eigenvalue weighted by Gasteiger charge is 2.18. The molecule has 0 heterocycles. The lowest BCUT2D eigenvalue weighted by molar-refractivity contribution is -0.143. The predicted octanol–water partition coefficient (Wildman–Crippen LogP) is 16.8. The lowest BCUT2D eigenvalue weighted by Gasteiger charge is -2.20. The summed E-state index contributed by atoms with van der Waals surface area (Å²) in [6.07, 6.45) is 68.2. The van der Waals surface area contributed by atoms with E-state index in [0.29, 0.717) is 19.4 Å². The van der Waals surface area contributed by atoms with Crippen LogP contribution in [0.25, 0.3) is 0 Å². The monoisotopic (exact) mass is 896 g/mol. The van der Waals surface area contributed by atoms with Gasteiger partial charge in [-0.2, -0.15) is 0 Å². The molecule has 0 saturated heterocycles. The van der Waals surface area contributed by atoms with Gasteiger partial charge in [-0.3, -0.25) is 9.59 Å². The maximum absolute atomic E-state index is 12.4. The topological polar surface area (TPSA) is 95.9 Å². The van der Waals surface area contributed by atoms with Gasteiger partial charge in [0.05, 0.1) is 25.4 Å². The first kappa shape index (κ1) is 61.6. The zero-order valence-electron chi connectivity index (χ0n) is 42.2. The number of carbonyl (C=O) groups is 2. The molecule has 2 unspecified atom stereocenters. The van der Waals surface area contributed by atoms with Crippen molar-refractivity contribution in [3.63, 3.8) is 0 Å². The van der Waals surface area contributed by atoms with Crippen molar-refractivity contribution < 1.29 is 24.5 Å². The minimum atomic E-state index is -0.848. The first-order chi connectivity index (χ1) is 31.5. The molecular weight excluding hydrogens is 791 g/mol. The van der Waals surface area contributed by atoms with Crippen LogP contribution in [-0.2, 0) is 14.3 Å². The van der Waals surface area contributed by atoms with E-state index in [1.54, 1.807) is 6.08 Å². The van der Waals surface area contributed by atoms with Crippen molar-refractivity contribution in [3.8, 4) is 0 Å². The maximum atomic E-state index is 12.4. The Morgan fingerprint density at radius 3 is 1.23 bits per heavy atom. The number of hydrogen-bond donors (Lipinski definition) is 3. The Labute approximate surface area is 397 Å². The highest BCUT2D eigenvalue weighted by atomic mass is 16.5. The van der Waals surface area contributed by atoms with Gasteiger partial charge in [0.25, 0.3) is 0 Å². The van der Waals surface area contributed by atoms with E-state index in [-0.39, 0.29) is 18.5 Å². The molecule has 2 atom stereocenters. The molecule has 1 amide bonds. The smallest absolute Gasteiger partial charge is 0.305 e. The summed E-state index contributed by atoms with van der Waals surface area (Å²) in [5, 5.41) is 23.0. The van der Waals surface area contributed by atoms with Gasteiger partial charge in [-0.05, 0) is 77.0 Å². The number of allylic oxidation sites excluding steroid dienone is 8. The van der Waals surface area contributed by atoms with E-state index in [0.717, 1.165) is 64.2 Å². The van der Waals surface area contributed by atoms with E-state index in [1.165, 1.54) is 180 Å². The van der Waals surface area contributed by atoms with Gasteiger partial charge in [0, 0.05) is 12.8 Å². The van der Waals surface area contributed by atoms with Crippen LogP contribution in [0.5, 0.6) is 0 Å². The lowest BCUT2D eigenvalue weighted by Crippen LogP contribution is -2.45. The third-order valence-corrected chi connectivity index (χ3v) is 12.3. The molecule has 0 aliphatic carbocycles. The van der Waals surface area contributed by atoms with Crippen LogP contribution in [0.15, 0.2) is 60.8 Å². The molecule has 0 aliphatic heterocycles. The molecule has 0 aromatic carbocycles. The first-order valence-electron chi connectivity index (χ1n) is 27.6. The van der Waals surface area contributed by atoms with Crippen LogP contribution in [0.4, 0.5) is 0 Å². The Bertz CT molecular complexity index is 1130. The fourth-order valence-corrected chi connectivity index (χ4v) is 8.02. The van der Waals surface area contributed by atoms with Crippen molar-refractivity contribution in [2.75, 3.05) is 13.2 Å². The maximum Gasteiger partial charge on any atom is 0.305 e. The van der Waals surface area contributed by atoms with Crippen LogP contribution >= 0.6 is 0 Å². The van der Waals surface area contributed by atoms with Crippen LogP contribution < -0.4 is 5.32 Å². The van der Waals surface area contributed by atoms with Gasteiger partial charge >= 0.3 is 5.97 Å². The molecule has 0 bridgehead atoms. The average Bonchev–Trinajstić information content (AvgIpc) is 3.29. The predicted molar refractivity (Wildman–Crippen MR) is 278 cm³/mol. The molecule has 372 valence electrons. The summed E-state index contributed by atoms with van der Waals surface area (Å²) in [6, 6.07) is -0.632. The lowest BCUT2D eigenvalue weighted by atomic mass is 10.0. The first-order valence-corrected chi connectivity index (χ1v) is 27.6. The number of esters is 1. The van der Waals surface area contributed by atoms with Crippen molar-refractivity contribution in [2.24, 2.45) is 0 Å². The van der Waals surface area contributed by atoms with Crippen LogP contribution in [0.1, 0.15) is 271 Å². The zero-order chi connectivity index (χ0) is 46.5. The number of amides is 1. The molecule has 0 aromatic rings. The number of rotatable bonds is 50. The summed E-state index contributed by atoms with van der Waals surface area (Å²) >= 11 is 0. The summed E-state index contributed by atoms with van der Waals surface area (Å²) in [6.45, 7) is 4.73. The molecule has 0 radical (unpaired) electrons.